The van der Waals surface area contributed by atoms with Gasteiger partial charge in [0, 0.05) is 6.54 Å². The van der Waals surface area contributed by atoms with Gasteiger partial charge in [0.25, 0.3) is 0 Å². The number of phenolic OH excluding ortho intramolecular Hbond substituents is 1. The number of rotatable bonds is 11. The fraction of sp³-hybridized carbons (Fsp3) is 0.724. The Kier molecular flexibility index (Phi) is 20.0. The summed E-state index contributed by atoms with van der Waals surface area (Å²) in [7, 11) is 0. The molecule has 2 nitrogen and oxygen atoms in total. The standard InChI is InChI=1S/C14H31N.C13H18O.C2H6/c1-6-10-15(12-14(5)8-3)11-9-13(4)7-2;1-5-9(2)11(4)13-8-12(14)7-6-10(13)3;1-2/h13-14H,6-12H2,1-5H3;6-8,14H,5H2,1-4H3;1-2H3/b;11-9-;. The Labute approximate surface area is 196 Å². The van der Waals surface area contributed by atoms with Gasteiger partial charge >= 0.3 is 0 Å². The van der Waals surface area contributed by atoms with Gasteiger partial charge in [0.2, 0.25) is 0 Å². The van der Waals surface area contributed by atoms with Crippen LogP contribution >= 0.6 is 0 Å². The number of hydrogen-bond donors (Lipinski definition) is 1. The lowest BCUT2D eigenvalue weighted by Crippen LogP contribution is -2.31. The van der Waals surface area contributed by atoms with E-state index in [1.54, 1.807) is 6.07 Å². The van der Waals surface area contributed by atoms with Gasteiger partial charge in [-0.3, -0.25) is 0 Å². The molecule has 1 rings (SSSR count). The topological polar surface area (TPSA) is 23.5 Å². The molecule has 0 aromatic heterocycles. The van der Waals surface area contributed by atoms with Crippen LogP contribution in [0.3, 0.4) is 0 Å². The van der Waals surface area contributed by atoms with Crippen molar-refractivity contribution in [3.63, 3.8) is 0 Å². The third kappa shape index (κ3) is 14.4. The Hall–Kier alpha value is -1.28. The molecular formula is C29H55NO. The van der Waals surface area contributed by atoms with Crippen molar-refractivity contribution >= 4 is 5.57 Å². The number of phenols is 1. The maximum absolute atomic E-state index is 9.42. The van der Waals surface area contributed by atoms with Crippen LogP contribution in [-0.2, 0) is 0 Å². The summed E-state index contributed by atoms with van der Waals surface area (Å²) in [6.45, 7) is 27.9. The summed E-state index contributed by atoms with van der Waals surface area (Å²) in [6, 6.07) is 5.52. The molecule has 0 bridgehead atoms. The zero-order valence-electron chi connectivity index (χ0n) is 22.9. The third-order valence-electron chi connectivity index (χ3n) is 6.24. The van der Waals surface area contributed by atoms with Gasteiger partial charge in [0.15, 0.2) is 0 Å². The van der Waals surface area contributed by atoms with Crippen LogP contribution in [0.15, 0.2) is 23.8 Å². The molecule has 0 radical (unpaired) electrons. The zero-order chi connectivity index (χ0) is 24.4. The van der Waals surface area contributed by atoms with Crippen molar-refractivity contribution in [1.82, 2.24) is 4.90 Å². The van der Waals surface area contributed by atoms with Crippen molar-refractivity contribution in [1.29, 1.82) is 0 Å². The molecule has 2 atom stereocenters. The van der Waals surface area contributed by atoms with E-state index in [1.807, 2.05) is 26.0 Å². The molecule has 31 heavy (non-hydrogen) atoms. The maximum Gasteiger partial charge on any atom is 0.116 e. The van der Waals surface area contributed by atoms with E-state index in [0.29, 0.717) is 5.75 Å². The van der Waals surface area contributed by atoms with E-state index >= 15 is 0 Å². The van der Waals surface area contributed by atoms with Crippen LogP contribution in [-0.4, -0.2) is 29.6 Å². The highest BCUT2D eigenvalue weighted by atomic mass is 16.3. The minimum absolute atomic E-state index is 0.342. The summed E-state index contributed by atoms with van der Waals surface area (Å²) >= 11 is 0. The number of hydrogen-bond acceptors (Lipinski definition) is 2. The number of aromatic hydroxyl groups is 1. The van der Waals surface area contributed by atoms with Crippen molar-refractivity contribution in [3.05, 3.63) is 34.9 Å². The Morgan fingerprint density at radius 1 is 0.935 bits per heavy atom. The number of nitrogens with zero attached hydrogens (tertiary/aromatic N) is 1. The zero-order valence-corrected chi connectivity index (χ0v) is 22.9. The average Bonchev–Trinajstić information content (AvgIpc) is 2.79. The lowest BCUT2D eigenvalue weighted by molar-refractivity contribution is 0.220. The smallest absolute Gasteiger partial charge is 0.116 e. The van der Waals surface area contributed by atoms with Crippen LogP contribution in [0, 0.1) is 18.8 Å². The van der Waals surface area contributed by atoms with E-state index in [-0.39, 0.29) is 0 Å². The first-order valence-corrected chi connectivity index (χ1v) is 12.9. The predicted octanol–water partition coefficient (Wildman–Crippen LogP) is 9.11. The molecule has 0 saturated heterocycles. The highest BCUT2D eigenvalue weighted by molar-refractivity contribution is 5.70. The molecule has 0 heterocycles. The molecule has 0 fully saturated rings. The molecule has 1 aromatic carbocycles. The molecule has 0 spiro atoms. The van der Waals surface area contributed by atoms with Gasteiger partial charge in [-0.25, -0.2) is 0 Å². The van der Waals surface area contributed by atoms with Crippen LogP contribution in [0.5, 0.6) is 5.75 Å². The predicted molar refractivity (Wildman–Crippen MR) is 143 cm³/mol. The van der Waals surface area contributed by atoms with Crippen molar-refractivity contribution in [2.75, 3.05) is 19.6 Å². The summed E-state index contributed by atoms with van der Waals surface area (Å²) in [5.74, 6) is 2.09. The number of benzene rings is 1. The Bertz CT molecular complexity index is 590. The molecule has 2 unspecified atom stereocenters. The lowest BCUT2D eigenvalue weighted by atomic mass is 9.97. The first kappa shape index (κ1) is 31.9. The van der Waals surface area contributed by atoms with Gasteiger partial charge in [-0.1, -0.05) is 79.9 Å². The molecule has 0 aliphatic carbocycles. The molecule has 1 N–H and O–H groups in total. The van der Waals surface area contributed by atoms with E-state index in [1.165, 1.54) is 62.0 Å². The van der Waals surface area contributed by atoms with Crippen molar-refractivity contribution in [2.24, 2.45) is 11.8 Å². The minimum Gasteiger partial charge on any atom is -0.508 e. The fourth-order valence-electron chi connectivity index (χ4n) is 3.30. The van der Waals surface area contributed by atoms with Crippen LogP contribution in [0.4, 0.5) is 0 Å². The second-order valence-corrected chi connectivity index (χ2v) is 8.87. The monoisotopic (exact) mass is 433 g/mol. The van der Waals surface area contributed by atoms with E-state index in [4.69, 9.17) is 0 Å². The highest BCUT2D eigenvalue weighted by Gasteiger charge is 2.09. The van der Waals surface area contributed by atoms with Gasteiger partial charge in [-0.05, 0) is 93.8 Å². The van der Waals surface area contributed by atoms with Gasteiger partial charge in [-0.15, -0.1) is 0 Å². The average molecular weight is 434 g/mol. The van der Waals surface area contributed by atoms with E-state index in [0.717, 1.165) is 23.8 Å². The second kappa shape index (κ2) is 19.4. The Morgan fingerprint density at radius 2 is 1.52 bits per heavy atom. The van der Waals surface area contributed by atoms with Crippen LogP contribution < -0.4 is 0 Å². The van der Waals surface area contributed by atoms with E-state index in [2.05, 4.69) is 67.2 Å². The molecule has 0 aliphatic rings. The van der Waals surface area contributed by atoms with Gasteiger partial charge in [0.1, 0.15) is 5.75 Å². The van der Waals surface area contributed by atoms with Crippen molar-refractivity contribution in [3.8, 4) is 5.75 Å². The van der Waals surface area contributed by atoms with E-state index in [9.17, 15) is 5.11 Å². The largest absolute Gasteiger partial charge is 0.508 e. The van der Waals surface area contributed by atoms with Gasteiger partial charge in [-0.2, -0.15) is 0 Å². The van der Waals surface area contributed by atoms with Crippen LogP contribution in [0.1, 0.15) is 112 Å². The van der Waals surface area contributed by atoms with Crippen molar-refractivity contribution < 1.29 is 5.11 Å². The second-order valence-electron chi connectivity index (χ2n) is 8.87. The fourth-order valence-corrected chi connectivity index (χ4v) is 3.30. The first-order valence-electron chi connectivity index (χ1n) is 12.9. The molecule has 2 heteroatoms. The van der Waals surface area contributed by atoms with Crippen molar-refractivity contribution in [2.45, 2.75) is 108 Å². The lowest BCUT2D eigenvalue weighted by Gasteiger charge is -2.25. The molecule has 182 valence electrons. The molecule has 1 aromatic rings. The highest BCUT2D eigenvalue weighted by Crippen LogP contribution is 2.26. The third-order valence-corrected chi connectivity index (χ3v) is 6.24. The molecule has 0 amide bonds. The summed E-state index contributed by atoms with van der Waals surface area (Å²) in [6.07, 6.45) is 6.34. The molecule has 0 saturated carbocycles. The summed E-state index contributed by atoms with van der Waals surface area (Å²) in [5.41, 5.74) is 5.03. The van der Waals surface area contributed by atoms with Crippen LogP contribution in [0.25, 0.3) is 5.57 Å². The summed E-state index contributed by atoms with van der Waals surface area (Å²) < 4.78 is 0. The normalized spacial score (nSPS) is 13.4. The summed E-state index contributed by atoms with van der Waals surface area (Å²) in [5, 5.41) is 9.42. The Balaban J connectivity index is 0. The number of aryl methyl sites for hydroxylation is 1. The molecule has 0 aliphatic heterocycles. The first-order chi connectivity index (χ1) is 14.7. The minimum atomic E-state index is 0.342. The van der Waals surface area contributed by atoms with Gasteiger partial charge < -0.3 is 10.0 Å². The maximum atomic E-state index is 9.42. The summed E-state index contributed by atoms with van der Waals surface area (Å²) in [4.78, 5) is 2.65. The van der Waals surface area contributed by atoms with Crippen LogP contribution in [0.2, 0.25) is 0 Å². The SMILES string of the molecule is CC.CC/C(C)=C(/C)c1cc(O)ccc1C.CCCN(CCC(C)CC)CC(C)CC. The Morgan fingerprint density at radius 3 is 2.00 bits per heavy atom. The number of allylic oxidation sites excluding steroid dienone is 2. The van der Waals surface area contributed by atoms with Gasteiger partial charge in [0.05, 0.1) is 0 Å². The van der Waals surface area contributed by atoms with E-state index < -0.39 is 0 Å². The quantitative estimate of drug-likeness (QED) is 0.376. The molecular weight excluding hydrogens is 378 g/mol.